The van der Waals surface area contributed by atoms with E-state index in [4.69, 9.17) is 4.42 Å². The van der Waals surface area contributed by atoms with E-state index in [9.17, 15) is 4.79 Å². The molecule has 7 heteroatoms. The molecule has 0 saturated heterocycles. The molecular weight excluding hydrogens is 318 g/mol. The maximum atomic E-state index is 11.9. The zero-order chi connectivity index (χ0) is 16.2. The van der Waals surface area contributed by atoms with Crippen molar-refractivity contribution in [3.63, 3.8) is 0 Å². The first-order valence-electron chi connectivity index (χ1n) is 7.18. The van der Waals surface area contributed by atoms with E-state index < -0.39 is 0 Å². The van der Waals surface area contributed by atoms with E-state index in [0.717, 1.165) is 16.4 Å². The van der Waals surface area contributed by atoms with E-state index >= 15 is 0 Å². The lowest BCUT2D eigenvalue weighted by molar-refractivity contribution is -0.117. The van der Waals surface area contributed by atoms with Crippen LogP contribution in [0.2, 0.25) is 0 Å². The van der Waals surface area contributed by atoms with E-state index in [-0.39, 0.29) is 11.3 Å². The SMILES string of the molecule is CCc1cnc(CSc2cnc(NC(=O)CC(C)(C)C)s2)o1. The molecule has 0 fully saturated rings. The molecule has 2 heterocycles. The molecule has 0 atom stereocenters. The number of aryl methyl sites for hydroxylation is 1. The minimum absolute atomic E-state index is 0.00121. The summed E-state index contributed by atoms with van der Waals surface area (Å²) in [5.41, 5.74) is -0.0269. The molecule has 5 nitrogen and oxygen atoms in total. The Morgan fingerprint density at radius 3 is 2.77 bits per heavy atom. The Bertz CT molecular complexity index is 629. The first kappa shape index (κ1) is 17.0. The van der Waals surface area contributed by atoms with Gasteiger partial charge in [0, 0.05) is 12.8 Å². The van der Waals surface area contributed by atoms with Crippen molar-refractivity contribution in [3.8, 4) is 0 Å². The molecule has 0 aliphatic carbocycles. The molecule has 0 unspecified atom stereocenters. The third-order valence-corrected chi connectivity index (χ3v) is 4.80. The van der Waals surface area contributed by atoms with E-state index in [1.54, 1.807) is 24.2 Å². The highest BCUT2D eigenvalue weighted by Crippen LogP contribution is 2.31. The van der Waals surface area contributed by atoms with Gasteiger partial charge in [0.05, 0.1) is 22.4 Å². The van der Waals surface area contributed by atoms with Crippen molar-refractivity contribution in [1.29, 1.82) is 0 Å². The van der Waals surface area contributed by atoms with Gasteiger partial charge in [-0.1, -0.05) is 39.0 Å². The summed E-state index contributed by atoms with van der Waals surface area (Å²) >= 11 is 3.08. The number of nitrogens with zero attached hydrogens (tertiary/aromatic N) is 2. The zero-order valence-electron chi connectivity index (χ0n) is 13.3. The number of hydrogen-bond acceptors (Lipinski definition) is 6. The number of oxazole rings is 1. The predicted molar refractivity (Wildman–Crippen MR) is 90.3 cm³/mol. The molecule has 1 amide bonds. The molecule has 0 spiro atoms. The maximum Gasteiger partial charge on any atom is 0.226 e. The summed E-state index contributed by atoms with van der Waals surface area (Å²) < 4.78 is 6.59. The Labute approximate surface area is 138 Å². The first-order valence-corrected chi connectivity index (χ1v) is 8.98. The van der Waals surface area contributed by atoms with Crippen molar-refractivity contribution >= 4 is 34.1 Å². The van der Waals surface area contributed by atoms with Crippen LogP contribution in [0.4, 0.5) is 5.13 Å². The highest BCUT2D eigenvalue weighted by atomic mass is 32.2. The second-order valence-corrected chi connectivity index (χ2v) is 8.44. The lowest BCUT2D eigenvalue weighted by Gasteiger charge is -2.16. The number of anilines is 1. The summed E-state index contributed by atoms with van der Waals surface area (Å²) in [5, 5.41) is 3.48. The van der Waals surface area contributed by atoms with Crippen LogP contribution >= 0.6 is 23.1 Å². The summed E-state index contributed by atoms with van der Waals surface area (Å²) in [6.45, 7) is 8.15. The molecule has 2 rings (SSSR count). The maximum absolute atomic E-state index is 11.9. The van der Waals surface area contributed by atoms with Gasteiger partial charge in [-0.3, -0.25) is 4.79 Å². The van der Waals surface area contributed by atoms with Crippen molar-refractivity contribution in [2.45, 2.75) is 50.5 Å². The summed E-state index contributed by atoms with van der Waals surface area (Å²) in [6, 6.07) is 0. The topological polar surface area (TPSA) is 68.0 Å². The van der Waals surface area contributed by atoms with Crippen molar-refractivity contribution in [2.24, 2.45) is 5.41 Å². The lowest BCUT2D eigenvalue weighted by atomic mass is 9.92. The van der Waals surface area contributed by atoms with Crippen LogP contribution in [0.25, 0.3) is 0 Å². The zero-order valence-corrected chi connectivity index (χ0v) is 14.9. The standard InChI is InChI=1S/C15H21N3O2S2/c1-5-10-7-16-12(20-10)9-21-13-8-17-14(22-13)18-11(19)6-15(2,3)4/h7-8H,5-6,9H2,1-4H3,(H,17,18,19). The van der Waals surface area contributed by atoms with Crippen LogP contribution < -0.4 is 5.32 Å². The molecule has 120 valence electrons. The van der Waals surface area contributed by atoms with Gasteiger partial charge in [0.25, 0.3) is 0 Å². The van der Waals surface area contributed by atoms with Gasteiger partial charge >= 0.3 is 0 Å². The van der Waals surface area contributed by atoms with Crippen molar-refractivity contribution < 1.29 is 9.21 Å². The summed E-state index contributed by atoms with van der Waals surface area (Å²) in [5.74, 6) is 2.28. The Hall–Kier alpha value is -1.34. The minimum atomic E-state index is -0.0269. The Kier molecular flexibility index (Phi) is 5.63. The number of amides is 1. The fourth-order valence-electron chi connectivity index (χ4n) is 1.74. The fraction of sp³-hybridized carbons (Fsp3) is 0.533. The number of carbonyl (C=O) groups excluding carboxylic acids is 1. The number of carbonyl (C=O) groups is 1. The molecule has 2 aromatic heterocycles. The highest BCUT2D eigenvalue weighted by molar-refractivity contribution is 8.00. The van der Waals surface area contributed by atoms with Gasteiger partial charge in [0.2, 0.25) is 11.8 Å². The van der Waals surface area contributed by atoms with Crippen molar-refractivity contribution in [3.05, 3.63) is 24.0 Å². The number of nitrogens with one attached hydrogen (secondary N) is 1. The molecule has 0 radical (unpaired) electrons. The molecule has 0 bridgehead atoms. The summed E-state index contributed by atoms with van der Waals surface area (Å²) in [6.07, 6.45) is 4.86. The average Bonchev–Trinajstić information content (AvgIpc) is 3.02. The summed E-state index contributed by atoms with van der Waals surface area (Å²) in [7, 11) is 0. The van der Waals surface area contributed by atoms with Gasteiger partial charge in [-0.15, -0.1) is 11.8 Å². The van der Waals surface area contributed by atoms with Crippen LogP contribution in [0.5, 0.6) is 0 Å². The van der Waals surface area contributed by atoms with Crippen LogP contribution in [0.15, 0.2) is 21.0 Å². The Morgan fingerprint density at radius 1 is 1.36 bits per heavy atom. The van der Waals surface area contributed by atoms with Crippen molar-refractivity contribution in [2.75, 3.05) is 5.32 Å². The highest BCUT2D eigenvalue weighted by Gasteiger charge is 2.17. The number of thiazole rings is 1. The number of hydrogen-bond donors (Lipinski definition) is 1. The van der Waals surface area contributed by atoms with Gasteiger partial charge in [0.15, 0.2) is 5.13 Å². The van der Waals surface area contributed by atoms with Gasteiger partial charge in [-0.2, -0.15) is 0 Å². The van der Waals surface area contributed by atoms with Crippen LogP contribution in [-0.2, 0) is 17.0 Å². The van der Waals surface area contributed by atoms with Gasteiger partial charge < -0.3 is 9.73 Å². The number of aromatic nitrogens is 2. The first-order chi connectivity index (χ1) is 10.4. The quantitative estimate of drug-likeness (QED) is 0.792. The molecule has 2 aromatic rings. The second-order valence-electron chi connectivity index (χ2n) is 6.13. The van der Waals surface area contributed by atoms with E-state index in [0.29, 0.717) is 23.2 Å². The largest absolute Gasteiger partial charge is 0.445 e. The second kappa shape index (κ2) is 7.28. The fourth-order valence-corrected chi connectivity index (χ4v) is 3.48. The van der Waals surface area contributed by atoms with Crippen LogP contribution in [0.1, 0.15) is 45.8 Å². The van der Waals surface area contributed by atoms with E-state index in [1.165, 1.54) is 11.3 Å². The molecule has 0 aliphatic rings. The Morgan fingerprint density at radius 2 is 2.14 bits per heavy atom. The lowest BCUT2D eigenvalue weighted by Crippen LogP contribution is -2.19. The minimum Gasteiger partial charge on any atom is -0.445 e. The number of thioether (sulfide) groups is 1. The van der Waals surface area contributed by atoms with Crippen LogP contribution in [0.3, 0.4) is 0 Å². The summed E-state index contributed by atoms with van der Waals surface area (Å²) in [4.78, 5) is 20.3. The van der Waals surface area contributed by atoms with Crippen LogP contribution in [0, 0.1) is 5.41 Å². The normalized spacial score (nSPS) is 11.6. The molecule has 0 aliphatic heterocycles. The molecule has 22 heavy (non-hydrogen) atoms. The van der Waals surface area contributed by atoms with Crippen LogP contribution in [-0.4, -0.2) is 15.9 Å². The van der Waals surface area contributed by atoms with E-state index in [1.807, 2.05) is 27.7 Å². The van der Waals surface area contributed by atoms with Gasteiger partial charge in [0.1, 0.15) is 5.76 Å². The third kappa shape index (κ3) is 5.46. The Balaban J connectivity index is 1.84. The molecule has 1 N–H and O–H groups in total. The van der Waals surface area contributed by atoms with Gasteiger partial charge in [-0.25, -0.2) is 9.97 Å². The smallest absolute Gasteiger partial charge is 0.226 e. The number of rotatable bonds is 6. The third-order valence-electron chi connectivity index (χ3n) is 2.71. The average molecular weight is 339 g/mol. The molecular formula is C15H21N3O2S2. The predicted octanol–water partition coefficient (Wildman–Crippen LogP) is 4.36. The monoisotopic (exact) mass is 339 g/mol. The van der Waals surface area contributed by atoms with Gasteiger partial charge in [-0.05, 0) is 5.41 Å². The van der Waals surface area contributed by atoms with E-state index in [2.05, 4.69) is 15.3 Å². The van der Waals surface area contributed by atoms with Crippen molar-refractivity contribution in [1.82, 2.24) is 9.97 Å². The molecule has 0 aromatic carbocycles. The molecule has 0 saturated carbocycles.